The van der Waals surface area contributed by atoms with Gasteiger partial charge < -0.3 is 14.9 Å². The molecule has 0 amide bonds. The summed E-state index contributed by atoms with van der Waals surface area (Å²) in [6.07, 6.45) is 0. The van der Waals surface area contributed by atoms with Crippen molar-refractivity contribution in [3.63, 3.8) is 0 Å². The quantitative estimate of drug-likeness (QED) is 0.841. The molecule has 98 valence electrons. The van der Waals surface area contributed by atoms with Crippen molar-refractivity contribution in [2.45, 2.75) is 6.61 Å². The van der Waals surface area contributed by atoms with Gasteiger partial charge in [-0.3, -0.25) is 0 Å². The first-order valence-corrected chi connectivity index (χ1v) is 5.75. The van der Waals surface area contributed by atoms with Crippen LogP contribution in [0.25, 0.3) is 0 Å². The molecule has 1 heterocycles. The number of ether oxygens (including phenoxy) is 1. The highest BCUT2D eigenvalue weighted by molar-refractivity contribution is 6.29. The smallest absolute Gasteiger partial charge is 0.335 e. The number of carboxylic acids is 1. The van der Waals surface area contributed by atoms with Crippen molar-refractivity contribution >= 4 is 17.6 Å². The molecule has 0 saturated heterocycles. The maximum absolute atomic E-state index is 10.9. The van der Waals surface area contributed by atoms with Crippen LogP contribution in [0.15, 0.2) is 36.4 Å². The largest absolute Gasteiger partial charge is 0.478 e. The molecule has 2 N–H and O–H groups in total. The normalized spacial score (nSPS) is 10.2. The lowest BCUT2D eigenvalue weighted by atomic mass is 10.2. The fourth-order valence-corrected chi connectivity index (χ4v) is 1.63. The molecule has 0 aliphatic rings. The van der Waals surface area contributed by atoms with Gasteiger partial charge in [0.25, 0.3) is 0 Å². The van der Waals surface area contributed by atoms with Gasteiger partial charge in [0.1, 0.15) is 10.9 Å². The second-order valence-corrected chi connectivity index (χ2v) is 4.11. The van der Waals surface area contributed by atoms with Gasteiger partial charge in [0, 0.05) is 6.07 Å². The number of aromatic nitrogens is 1. The van der Waals surface area contributed by atoms with Crippen molar-refractivity contribution in [1.29, 1.82) is 0 Å². The maximum Gasteiger partial charge on any atom is 0.335 e. The Morgan fingerprint density at radius 1 is 1.26 bits per heavy atom. The highest BCUT2D eigenvalue weighted by atomic mass is 35.5. The molecular formula is C13H10ClNO4. The third-order valence-electron chi connectivity index (χ3n) is 2.35. The number of pyridine rings is 1. The van der Waals surface area contributed by atoms with E-state index in [1.807, 2.05) is 0 Å². The number of carbonyl (C=O) groups is 1. The molecule has 5 nitrogen and oxygen atoms in total. The van der Waals surface area contributed by atoms with Crippen LogP contribution in [0.3, 0.4) is 0 Å². The van der Waals surface area contributed by atoms with E-state index in [2.05, 4.69) is 4.98 Å². The van der Waals surface area contributed by atoms with E-state index in [9.17, 15) is 4.79 Å². The Morgan fingerprint density at radius 3 is 2.53 bits per heavy atom. The van der Waals surface area contributed by atoms with Crippen LogP contribution in [-0.4, -0.2) is 21.2 Å². The van der Waals surface area contributed by atoms with Crippen molar-refractivity contribution in [3.05, 3.63) is 52.7 Å². The highest BCUT2D eigenvalue weighted by Gasteiger charge is 2.09. The minimum atomic E-state index is -1.11. The molecule has 0 saturated carbocycles. The standard InChI is InChI=1S/C13H10ClNO4/c14-11-5-9(13(17)18)6-12(15-11)19-10-3-1-8(7-16)2-4-10/h1-6,16H,7H2,(H,17,18). The number of benzene rings is 1. The fourth-order valence-electron chi connectivity index (χ4n) is 1.43. The Balaban J connectivity index is 2.24. The Morgan fingerprint density at radius 2 is 1.95 bits per heavy atom. The highest BCUT2D eigenvalue weighted by Crippen LogP contribution is 2.23. The van der Waals surface area contributed by atoms with Gasteiger partial charge >= 0.3 is 5.97 Å². The van der Waals surface area contributed by atoms with Crippen LogP contribution in [0, 0.1) is 0 Å². The Labute approximate surface area is 114 Å². The van der Waals surface area contributed by atoms with Crippen LogP contribution in [0.5, 0.6) is 11.6 Å². The third kappa shape index (κ3) is 3.43. The van der Waals surface area contributed by atoms with Crippen LogP contribution in [-0.2, 0) is 6.61 Å². The first-order chi connectivity index (χ1) is 9.08. The summed E-state index contributed by atoms with van der Waals surface area (Å²) < 4.78 is 5.41. The van der Waals surface area contributed by atoms with Gasteiger partial charge in [-0.1, -0.05) is 23.7 Å². The zero-order chi connectivity index (χ0) is 13.8. The van der Waals surface area contributed by atoms with Crippen LogP contribution in [0.1, 0.15) is 15.9 Å². The zero-order valence-electron chi connectivity index (χ0n) is 9.71. The summed E-state index contributed by atoms with van der Waals surface area (Å²) in [6.45, 7) is -0.0567. The number of carboxylic acid groups (broad SMARTS) is 1. The van der Waals surface area contributed by atoms with Crippen molar-refractivity contribution in [2.24, 2.45) is 0 Å². The zero-order valence-corrected chi connectivity index (χ0v) is 10.5. The summed E-state index contributed by atoms with van der Waals surface area (Å²) in [6, 6.07) is 9.21. The molecule has 2 aromatic rings. The summed E-state index contributed by atoms with van der Waals surface area (Å²) >= 11 is 5.72. The second-order valence-electron chi connectivity index (χ2n) is 3.73. The minimum Gasteiger partial charge on any atom is -0.478 e. The summed E-state index contributed by atoms with van der Waals surface area (Å²) in [5.41, 5.74) is 0.750. The average Bonchev–Trinajstić information content (AvgIpc) is 2.39. The predicted octanol–water partition coefficient (Wildman–Crippen LogP) is 2.72. The monoisotopic (exact) mass is 279 g/mol. The summed E-state index contributed by atoms with van der Waals surface area (Å²) in [4.78, 5) is 14.8. The summed E-state index contributed by atoms with van der Waals surface area (Å²) in [5, 5.41) is 17.9. The average molecular weight is 280 g/mol. The number of hydrogen-bond donors (Lipinski definition) is 2. The SMILES string of the molecule is O=C(O)c1cc(Cl)nc(Oc2ccc(CO)cc2)c1. The van der Waals surface area contributed by atoms with Crippen molar-refractivity contribution in [2.75, 3.05) is 0 Å². The molecule has 1 aromatic carbocycles. The Kier molecular flexibility index (Phi) is 3.99. The molecule has 0 radical (unpaired) electrons. The molecule has 0 unspecified atom stereocenters. The van der Waals surface area contributed by atoms with Crippen molar-refractivity contribution < 1.29 is 19.7 Å². The molecule has 6 heteroatoms. The van der Waals surface area contributed by atoms with Crippen LogP contribution in [0.2, 0.25) is 5.15 Å². The van der Waals surface area contributed by atoms with Gasteiger partial charge in [0.15, 0.2) is 0 Å². The number of hydrogen-bond acceptors (Lipinski definition) is 4. The number of halogens is 1. The summed E-state index contributed by atoms with van der Waals surface area (Å²) in [7, 11) is 0. The van der Waals surface area contributed by atoms with Gasteiger partial charge in [-0.2, -0.15) is 0 Å². The van der Waals surface area contributed by atoms with E-state index in [1.54, 1.807) is 24.3 Å². The topological polar surface area (TPSA) is 79.7 Å². The van der Waals surface area contributed by atoms with E-state index in [4.69, 9.17) is 26.6 Å². The van der Waals surface area contributed by atoms with Gasteiger partial charge in [-0.25, -0.2) is 9.78 Å². The predicted molar refractivity (Wildman–Crippen MR) is 68.6 cm³/mol. The lowest BCUT2D eigenvalue weighted by molar-refractivity contribution is 0.0696. The second kappa shape index (κ2) is 5.69. The molecule has 1 aromatic heterocycles. The lowest BCUT2D eigenvalue weighted by Gasteiger charge is -2.06. The van der Waals surface area contributed by atoms with Crippen molar-refractivity contribution in [1.82, 2.24) is 4.98 Å². The van der Waals surface area contributed by atoms with E-state index >= 15 is 0 Å². The maximum atomic E-state index is 10.9. The molecule has 0 atom stereocenters. The van der Waals surface area contributed by atoms with Crippen LogP contribution in [0.4, 0.5) is 0 Å². The molecule has 0 bridgehead atoms. The molecule has 0 aliphatic heterocycles. The first-order valence-electron chi connectivity index (χ1n) is 5.37. The van der Waals surface area contributed by atoms with Crippen molar-refractivity contribution in [3.8, 4) is 11.6 Å². The van der Waals surface area contributed by atoms with E-state index in [0.29, 0.717) is 5.75 Å². The first kappa shape index (κ1) is 13.3. The lowest BCUT2D eigenvalue weighted by Crippen LogP contribution is -1.98. The molecule has 0 fully saturated rings. The number of nitrogens with zero attached hydrogens (tertiary/aromatic N) is 1. The fraction of sp³-hybridized carbons (Fsp3) is 0.0769. The van der Waals surface area contributed by atoms with Crippen LogP contribution < -0.4 is 4.74 Å². The molecular weight excluding hydrogens is 270 g/mol. The van der Waals surface area contributed by atoms with Gasteiger partial charge in [0.05, 0.1) is 12.2 Å². The Bertz CT molecular complexity index is 598. The van der Waals surface area contributed by atoms with E-state index in [1.165, 1.54) is 12.1 Å². The Hall–Kier alpha value is -2.11. The summed E-state index contributed by atoms with van der Waals surface area (Å²) in [5.74, 6) is -0.533. The third-order valence-corrected chi connectivity index (χ3v) is 2.54. The number of aliphatic hydroxyl groups is 1. The van der Waals surface area contributed by atoms with E-state index < -0.39 is 5.97 Å². The number of aliphatic hydroxyl groups excluding tert-OH is 1. The van der Waals surface area contributed by atoms with Gasteiger partial charge in [-0.05, 0) is 23.8 Å². The van der Waals surface area contributed by atoms with Gasteiger partial charge in [-0.15, -0.1) is 0 Å². The molecule has 19 heavy (non-hydrogen) atoms. The number of aromatic carboxylic acids is 1. The molecule has 0 aliphatic carbocycles. The van der Waals surface area contributed by atoms with E-state index in [0.717, 1.165) is 5.56 Å². The van der Waals surface area contributed by atoms with E-state index in [-0.39, 0.29) is 23.2 Å². The molecule has 0 spiro atoms. The van der Waals surface area contributed by atoms with Crippen LogP contribution >= 0.6 is 11.6 Å². The minimum absolute atomic E-state index is 0.00183. The number of rotatable bonds is 4. The van der Waals surface area contributed by atoms with Gasteiger partial charge in [0.2, 0.25) is 5.88 Å². The molecule has 2 rings (SSSR count).